The largest absolute Gasteiger partial charge is 0.479 e. The maximum Gasteiger partial charge on any atom is 0.332 e. The van der Waals surface area contributed by atoms with E-state index in [1.165, 1.54) is 19.3 Å². The Hall–Kier alpha value is -0.610. The van der Waals surface area contributed by atoms with E-state index in [0.717, 1.165) is 18.9 Å². The average Bonchev–Trinajstić information content (AvgIpc) is 2.91. The molecule has 1 aliphatic carbocycles. The normalized spacial score (nSPS) is 31.6. The van der Waals surface area contributed by atoms with Gasteiger partial charge in [0, 0.05) is 12.6 Å². The quantitative estimate of drug-likeness (QED) is 0.720. The Morgan fingerprint density at radius 3 is 2.75 bits per heavy atom. The smallest absolute Gasteiger partial charge is 0.332 e. The average molecular weight is 227 g/mol. The van der Waals surface area contributed by atoms with Crippen LogP contribution in [0.3, 0.4) is 0 Å². The van der Waals surface area contributed by atoms with Gasteiger partial charge in [0.15, 0.2) is 6.10 Å². The minimum absolute atomic E-state index is 0.0859. The molecule has 0 radical (unpaired) electrons. The van der Waals surface area contributed by atoms with Gasteiger partial charge in [0.1, 0.15) is 0 Å². The molecule has 1 saturated heterocycles. The molecule has 16 heavy (non-hydrogen) atoms. The number of ether oxygens (including phenoxy) is 1. The van der Waals surface area contributed by atoms with Crippen LogP contribution < -0.4 is 5.32 Å². The van der Waals surface area contributed by atoms with Crippen molar-refractivity contribution in [2.24, 2.45) is 5.92 Å². The molecule has 0 aromatic heterocycles. The molecule has 0 aromatic rings. The molecular weight excluding hydrogens is 206 g/mol. The first-order chi connectivity index (χ1) is 7.65. The van der Waals surface area contributed by atoms with Crippen LogP contribution in [0.4, 0.5) is 0 Å². The molecule has 1 heterocycles. The van der Waals surface area contributed by atoms with Gasteiger partial charge in [0.2, 0.25) is 0 Å². The van der Waals surface area contributed by atoms with Crippen molar-refractivity contribution < 1.29 is 14.6 Å². The Morgan fingerprint density at radius 2 is 2.19 bits per heavy atom. The van der Waals surface area contributed by atoms with Gasteiger partial charge in [-0.1, -0.05) is 12.8 Å². The molecule has 0 spiro atoms. The summed E-state index contributed by atoms with van der Waals surface area (Å²) < 4.78 is 5.43. The predicted molar refractivity (Wildman–Crippen MR) is 60.3 cm³/mol. The van der Waals surface area contributed by atoms with Crippen LogP contribution in [0.1, 0.15) is 39.0 Å². The van der Waals surface area contributed by atoms with E-state index in [1.54, 1.807) is 0 Å². The summed E-state index contributed by atoms with van der Waals surface area (Å²) >= 11 is 0. The second kappa shape index (κ2) is 5.15. The van der Waals surface area contributed by atoms with Crippen LogP contribution in [-0.4, -0.2) is 35.9 Å². The third-order valence-corrected chi connectivity index (χ3v) is 3.46. The van der Waals surface area contributed by atoms with Crippen LogP contribution >= 0.6 is 0 Å². The molecule has 0 amide bonds. The van der Waals surface area contributed by atoms with E-state index >= 15 is 0 Å². The van der Waals surface area contributed by atoms with E-state index in [0.29, 0.717) is 12.5 Å². The third-order valence-electron chi connectivity index (χ3n) is 3.46. The van der Waals surface area contributed by atoms with Crippen LogP contribution in [0.5, 0.6) is 0 Å². The van der Waals surface area contributed by atoms with Crippen molar-refractivity contribution in [3.8, 4) is 0 Å². The topological polar surface area (TPSA) is 58.6 Å². The predicted octanol–water partition coefficient (Wildman–Crippen LogP) is 1.40. The van der Waals surface area contributed by atoms with E-state index in [1.807, 2.05) is 0 Å². The van der Waals surface area contributed by atoms with E-state index < -0.39 is 12.1 Å². The number of hydrogen-bond donors (Lipinski definition) is 2. The Bertz CT molecular complexity index is 253. The SMILES string of the molecule is CC(CC1CC1)NCC1CCC(C(=O)O)O1. The molecule has 2 N–H and O–H groups in total. The highest BCUT2D eigenvalue weighted by atomic mass is 16.5. The molecule has 3 atom stereocenters. The summed E-state index contributed by atoms with van der Waals surface area (Å²) in [5, 5.41) is 12.2. The maximum atomic E-state index is 10.7. The zero-order valence-electron chi connectivity index (χ0n) is 9.82. The van der Waals surface area contributed by atoms with Gasteiger partial charge in [-0.05, 0) is 32.1 Å². The molecule has 2 aliphatic rings. The van der Waals surface area contributed by atoms with Crippen molar-refractivity contribution in [3.05, 3.63) is 0 Å². The van der Waals surface area contributed by atoms with E-state index in [-0.39, 0.29) is 6.10 Å². The number of hydrogen-bond acceptors (Lipinski definition) is 3. The fourth-order valence-electron chi connectivity index (χ4n) is 2.31. The minimum Gasteiger partial charge on any atom is -0.479 e. The maximum absolute atomic E-state index is 10.7. The fraction of sp³-hybridized carbons (Fsp3) is 0.917. The highest BCUT2D eigenvalue weighted by Gasteiger charge is 2.30. The first kappa shape index (κ1) is 11.9. The summed E-state index contributed by atoms with van der Waals surface area (Å²) in [7, 11) is 0. The van der Waals surface area contributed by atoms with Gasteiger partial charge < -0.3 is 15.2 Å². The molecular formula is C12H21NO3. The van der Waals surface area contributed by atoms with E-state index in [4.69, 9.17) is 9.84 Å². The van der Waals surface area contributed by atoms with Gasteiger partial charge in [-0.3, -0.25) is 0 Å². The molecule has 1 aliphatic heterocycles. The standard InChI is InChI=1S/C12H21NO3/c1-8(6-9-2-3-9)13-7-10-4-5-11(16-10)12(14)15/h8-11,13H,2-7H2,1H3,(H,14,15). The summed E-state index contributed by atoms with van der Waals surface area (Å²) in [5.74, 6) is 0.104. The monoisotopic (exact) mass is 227 g/mol. The molecule has 3 unspecified atom stereocenters. The fourth-order valence-corrected chi connectivity index (χ4v) is 2.31. The Morgan fingerprint density at radius 1 is 1.44 bits per heavy atom. The van der Waals surface area contributed by atoms with Gasteiger partial charge in [-0.15, -0.1) is 0 Å². The van der Waals surface area contributed by atoms with Gasteiger partial charge in [-0.25, -0.2) is 4.79 Å². The molecule has 4 nitrogen and oxygen atoms in total. The highest BCUT2D eigenvalue weighted by Crippen LogP contribution is 2.33. The lowest BCUT2D eigenvalue weighted by atomic mass is 10.1. The van der Waals surface area contributed by atoms with E-state index in [2.05, 4.69) is 12.2 Å². The lowest BCUT2D eigenvalue weighted by Crippen LogP contribution is -2.34. The molecule has 0 bridgehead atoms. The molecule has 1 saturated carbocycles. The molecule has 0 aromatic carbocycles. The van der Waals surface area contributed by atoms with Gasteiger partial charge in [0.05, 0.1) is 6.10 Å². The van der Waals surface area contributed by atoms with Gasteiger partial charge in [-0.2, -0.15) is 0 Å². The summed E-state index contributed by atoms with van der Waals surface area (Å²) in [5.41, 5.74) is 0. The number of aliphatic carboxylic acids is 1. The summed E-state index contributed by atoms with van der Waals surface area (Å²) in [6.45, 7) is 2.99. The van der Waals surface area contributed by atoms with Crippen LogP contribution in [0.2, 0.25) is 0 Å². The van der Waals surface area contributed by atoms with Gasteiger partial charge in [0.25, 0.3) is 0 Å². The first-order valence-corrected chi connectivity index (χ1v) is 6.27. The van der Waals surface area contributed by atoms with Crippen LogP contribution in [0.15, 0.2) is 0 Å². The second-order valence-electron chi connectivity index (χ2n) is 5.15. The van der Waals surface area contributed by atoms with Crippen molar-refractivity contribution in [3.63, 3.8) is 0 Å². The number of rotatable bonds is 6. The molecule has 4 heteroatoms. The Balaban J connectivity index is 1.61. The van der Waals surface area contributed by atoms with Crippen molar-refractivity contribution in [1.29, 1.82) is 0 Å². The second-order valence-corrected chi connectivity index (χ2v) is 5.15. The van der Waals surface area contributed by atoms with Crippen LogP contribution in [0, 0.1) is 5.92 Å². The Labute approximate surface area is 96.4 Å². The van der Waals surface area contributed by atoms with Crippen LogP contribution in [-0.2, 0) is 9.53 Å². The third kappa shape index (κ3) is 3.46. The lowest BCUT2D eigenvalue weighted by Gasteiger charge is -2.17. The van der Waals surface area contributed by atoms with Crippen molar-refractivity contribution in [2.75, 3.05) is 6.54 Å². The van der Waals surface area contributed by atoms with E-state index in [9.17, 15) is 4.79 Å². The number of carboxylic acids is 1. The summed E-state index contributed by atoms with van der Waals surface area (Å²) in [4.78, 5) is 10.7. The van der Waals surface area contributed by atoms with Gasteiger partial charge >= 0.3 is 5.97 Å². The molecule has 2 fully saturated rings. The Kier molecular flexibility index (Phi) is 3.82. The first-order valence-electron chi connectivity index (χ1n) is 6.27. The highest BCUT2D eigenvalue weighted by molar-refractivity contribution is 5.72. The minimum atomic E-state index is -0.825. The van der Waals surface area contributed by atoms with Crippen molar-refractivity contribution in [2.45, 2.75) is 57.3 Å². The van der Waals surface area contributed by atoms with Crippen molar-refractivity contribution >= 4 is 5.97 Å². The zero-order chi connectivity index (χ0) is 11.5. The zero-order valence-corrected chi connectivity index (χ0v) is 9.82. The molecule has 2 rings (SSSR count). The number of carbonyl (C=O) groups is 1. The lowest BCUT2D eigenvalue weighted by molar-refractivity contribution is -0.149. The molecule has 92 valence electrons. The number of carboxylic acid groups (broad SMARTS) is 1. The summed E-state index contributed by atoms with van der Waals surface area (Å²) in [6.07, 6.45) is 5.03. The number of nitrogens with one attached hydrogen (secondary N) is 1. The van der Waals surface area contributed by atoms with Crippen molar-refractivity contribution in [1.82, 2.24) is 5.32 Å². The van der Waals surface area contributed by atoms with Crippen LogP contribution in [0.25, 0.3) is 0 Å². The summed E-state index contributed by atoms with van der Waals surface area (Å²) in [6, 6.07) is 0.528.